The standard InChI is InChI=1S/C15H18N4OS/c1-9(2)8-17-14(20)10(3)19-12-6-4-5-11(7-16)13(12)18-15(19)21/h4-6,9-10H,8H2,1-3H3,(H,17,20)(H,18,21). The predicted molar refractivity (Wildman–Crippen MR) is 84.4 cm³/mol. The first kappa shape index (κ1) is 15.3. The summed E-state index contributed by atoms with van der Waals surface area (Å²) in [5, 5.41) is 12.0. The maximum atomic E-state index is 12.2. The second kappa shape index (κ2) is 6.10. The molecule has 0 aliphatic rings. The number of hydrogen-bond donors (Lipinski definition) is 2. The van der Waals surface area contributed by atoms with Gasteiger partial charge in [-0.05, 0) is 37.2 Å². The van der Waals surface area contributed by atoms with Crippen molar-refractivity contribution in [2.75, 3.05) is 6.54 Å². The van der Waals surface area contributed by atoms with Gasteiger partial charge >= 0.3 is 0 Å². The van der Waals surface area contributed by atoms with Crippen LogP contribution < -0.4 is 5.32 Å². The molecule has 1 amide bonds. The fourth-order valence-corrected chi connectivity index (χ4v) is 2.55. The first-order valence-corrected chi connectivity index (χ1v) is 7.27. The molecule has 0 fully saturated rings. The molecule has 0 radical (unpaired) electrons. The fraction of sp³-hybridized carbons (Fsp3) is 0.400. The molecular formula is C15H18N4OS. The number of aromatic nitrogens is 2. The molecule has 2 rings (SSSR count). The Labute approximate surface area is 128 Å². The number of nitriles is 1. The fourth-order valence-electron chi connectivity index (χ4n) is 2.20. The molecular weight excluding hydrogens is 284 g/mol. The van der Waals surface area contributed by atoms with Crippen LogP contribution in [0.15, 0.2) is 18.2 Å². The van der Waals surface area contributed by atoms with E-state index >= 15 is 0 Å². The first-order valence-electron chi connectivity index (χ1n) is 6.86. The van der Waals surface area contributed by atoms with Crippen molar-refractivity contribution in [2.45, 2.75) is 26.8 Å². The Hall–Kier alpha value is -2.13. The zero-order valence-corrected chi connectivity index (χ0v) is 13.1. The summed E-state index contributed by atoms with van der Waals surface area (Å²) in [6.45, 7) is 6.52. The van der Waals surface area contributed by atoms with Crippen molar-refractivity contribution in [1.29, 1.82) is 5.26 Å². The summed E-state index contributed by atoms with van der Waals surface area (Å²) >= 11 is 5.31. The Morgan fingerprint density at radius 2 is 2.19 bits per heavy atom. The number of nitrogens with zero attached hydrogens (tertiary/aromatic N) is 2. The summed E-state index contributed by atoms with van der Waals surface area (Å²) in [5.74, 6) is 0.311. The molecule has 0 saturated carbocycles. The molecule has 1 atom stereocenters. The number of nitrogens with one attached hydrogen (secondary N) is 2. The van der Waals surface area contributed by atoms with Crippen molar-refractivity contribution in [2.24, 2.45) is 5.92 Å². The Balaban J connectivity index is 2.43. The molecule has 1 unspecified atom stereocenters. The van der Waals surface area contributed by atoms with E-state index in [0.717, 1.165) is 5.52 Å². The summed E-state index contributed by atoms with van der Waals surface area (Å²) in [6, 6.07) is 7.07. The van der Waals surface area contributed by atoms with Gasteiger partial charge in [-0.1, -0.05) is 19.9 Å². The SMILES string of the molecule is CC(C)CNC(=O)C(C)n1c(=S)[nH]c2c(C#N)cccc21. The molecule has 1 heterocycles. The van der Waals surface area contributed by atoms with Crippen LogP contribution >= 0.6 is 12.2 Å². The first-order chi connectivity index (χ1) is 9.95. The molecule has 5 nitrogen and oxygen atoms in total. The van der Waals surface area contributed by atoms with E-state index in [9.17, 15) is 4.79 Å². The Bertz CT molecular complexity index is 766. The molecule has 0 bridgehead atoms. The van der Waals surface area contributed by atoms with Crippen LogP contribution in [0.4, 0.5) is 0 Å². The number of carbonyl (C=O) groups excluding carboxylic acids is 1. The number of carbonyl (C=O) groups is 1. The van der Waals surface area contributed by atoms with Crippen molar-refractivity contribution in [3.8, 4) is 6.07 Å². The van der Waals surface area contributed by atoms with Crippen LogP contribution in [-0.2, 0) is 4.79 Å². The number of fused-ring (bicyclic) bond motifs is 1. The molecule has 0 spiro atoms. The number of imidazole rings is 1. The molecule has 1 aromatic carbocycles. The minimum atomic E-state index is -0.432. The zero-order chi connectivity index (χ0) is 15.6. The third-order valence-electron chi connectivity index (χ3n) is 3.32. The highest BCUT2D eigenvalue weighted by atomic mass is 32.1. The highest BCUT2D eigenvalue weighted by molar-refractivity contribution is 7.71. The lowest BCUT2D eigenvalue weighted by Gasteiger charge is -2.15. The van der Waals surface area contributed by atoms with Crippen molar-refractivity contribution in [3.63, 3.8) is 0 Å². The van der Waals surface area contributed by atoms with Crippen LogP contribution in [0.2, 0.25) is 0 Å². The van der Waals surface area contributed by atoms with Gasteiger partial charge in [0.15, 0.2) is 4.77 Å². The minimum Gasteiger partial charge on any atom is -0.354 e. The van der Waals surface area contributed by atoms with E-state index in [-0.39, 0.29) is 5.91 Å². The largest absolute Gasteiger partial charge is 0.354 e. The van der Waals surface area contributed by atoms with Crippen LogP contribution in [0, 0.1) is 22.0 Å². The lowest BCUT2D eigenvalue weighted by Crippen LogP contribution is -2.33. The smallest absolute Gasteiger partial charge is 0.242 e. The number of H-pyrrole nitrogens is 1. The zero-order valence-electron chi connectivity index (χ0n) is 12.3. The number of hydrogen-bond acceptors (Lipinski definition) is 3. The monoisotopic (exact) mass is 302 g/mol. The summed E-state index contributed by atoms with van der Waals surface area (Å²) < 4.78 is 2.20. The number of para-hydroxylation sites is 1. The van der Waals surface area contributed by atoms with E-state index in [1.165, 1.54) is 0 Å². The normalized spacial score (nSPS) is 12.3. The average Bonchev–Trinajstić information content (AvgIpc) is 2.79. The molecule has 21 heavy (non-hydrogen) atoms. The third kappa shape index (κ3) is 2.98. The quantitative estimate of drug-likeness (QED) is 0.853. The lowest BCUT2D eigenvalue weighted by molar-refractivity contribution is -0.123. The maximum Gasteiger partial charge on any atom is 0.242 e. The Kier molecular flexibility index (Phi) is 4.43. The van der Waals surface area contributed by atoms with Crippen molar-refractivity contribution in [3.05, 3.63) is 28.5 Å². The van der Waals surface area contributed by atoms with Gasteiger partial charge in [-0.15, -0.1) is 0 Å². The van der Waals surface area contributed by atoms with Crippen LogP contribution in [0.5, 0.6) is 0 Å². The van der Waals surface area contributed by atoms with Crippen LogP contribution in [0.1, 0.15) is 32.4 Å². The van der Waals surface area contributed by atoms with E-state index in [2.05, 4.69) is 16.4 Å². The van der Waals surface area contributed by atoms with Crippen LogP contribution in [0.3, 0.4) is 0 Å². The van der Waals surface area contributed by atoms with Gasteiger partial charge in [0.2, 0.25) is 5.91 Å². The topological polar surface area (TPSA) is 73.6 Å². The molecule has 6 heteroatoms. The van der Waals surface area contributed by atoms with Gasteiger partial charge in [0.05, 0.1) is 16.6 Å². The maximum absolute atomic E-state index is 12.2. The van der Waals surface area contributed by atoms with E-state index in [4.69, 9.17) is 17.5 Å². The van der Waals surface area contributed by atoms with Gasteiger partial charge in [0.25, 0.3) is 0 Å². The molecule has 1 aromatic heterocycles. The summed E-state index contributed by atoms with van der Waals surface area (Å²) in [4.78, 5) is 15.3. The summed E-state index contributed by atoms with van der Waals surface area (Å²) in [6.07, 6.45) is 0. The van der Waals surface area contributed by atoms with Crippen LogP contribution in [0.25, 0.3) is 11.0 Å². The molecule has 0 saturated heterocycles. The molecule has 0 aliphatic carbocycles. The van der Waals surface area contributed by atoms with Crippen molar-refractivity contribution < 1.29 is 4.79 Å². The summed E-state index contributed by atoms with van der Waals surface area (Å²) in [7, 11) is 0. The van der Waals surface area contributed by atoms with E-state index in [1.807, 2.05) is 19.9 Å². The number of amides is 1. The average molecular weight is 302 g/mol. The number of aromatic amines is 1. The molecule has 0 aliphatic heterocycles. The van der Waals surface area contributed by atoms with Gasteiger partial charge in [0, 0.05) is 6.54 Å². The minimum absolute atomic E-state index is 0.0805. The van der Waals surface area contributed by atoms with Gasteiger partial charge in [0.1, 0.15) is 12.1 Å². The number of benzene rings is 1. The molecule has 2 N–H and O–H groups in total. The van der Waals surface area contributed by atoms with Gasteiger partial charge in [-0.3, -0.25) is 4.79 Å². The Morgan fingerprint density at radius 3 is 2.81 bits per heavy atom. The predicted octanol–water partition coefficient (Wildman–Crippen LogP) is 2.90. The van der Waals surface area contributed by atoms with Gasteiger partial charge < -0.3 is 14.9 Å². The Morgan fingerprint density at radius 1 is 1.48 bits per heavy atom. The van der Waals surface area contributed by atoms with Crippen molar-refractivity contribution in [1.82, 2.24) is 14.9 Å². The third-order valence-corrected chi connectivity index (χ3v) is 3.62. The van der Waals surface area contributed by atoms with E-state index in [0.29, 0.717) is 28.3 Å². The van der Waals surface area contributed by atoms with E-state index in [1.54, 1.807) is 23.6 Å². The lowest BCUT2D eigenvalue weighted by atomic mass is 10.2. The highest BCUT2D eigenvalue weighted by Gasteiger charge is 2.19. The van der Waals surface area contributed by atoms with Crippen molar-refractivity contribution >= 4 is 29.2 Å². The van der Waals surface area contributed by atoms with E-state index < -0.39 is 6.04 Å². The van der Waals surface area contributed by atoms with Crippen LogP contribution in [-0.4, -0.2) is 22.0 Å². The summed E-state index contributed by atoms with van der Waals surface area (Å²) in [5.41, 5.74) is 1.96. The number of rotatable bonds is 4. The van der Waals surface area contributed by atoms with Gasteiger partial charge in [-0.25, -0.2) is 0 Å². The molecule has 110 valence electrons. The molecule has 2 aromatic rings. The van der Waals surface area contributed by atoms with Gasteiger partial charge in [-0.2, -0.15) is 5.26 Å². The highest BCUT2D eigenvalue weighted by Crippen LogP contribution is 2.22. The second-order valence-electron chi connectivity index (χ2n) is 5.43. The second-order valence-corrected chi connectivity index (χ2v) is 5.81.